The van der Waals surface area contributed by atoms with E-state index in [4.69, 9.17) is 0 Å². The molecule has 1 amide bonds. The van der Waals surface area contributed by atoms with Gasteiger partial charge in [0.25, 0.3) is 5.91 Å². The summed E-state index contributed by atoms with van der Waals surface area (Å²) in [6.45, 7) is 6.27. The molecule has 0 fully saturated rings. The van der Waals surface area contributed by atoms with Crippen molar-refractivity contribution in [3.05, 3.63) is 33.8 Å². The largest absolute Gasteiger partial charge is 0.350 e. The highest BCUT2D eigenvalue weighted by atomic mass is 79.9. The van der Waals surface area contributed by atoms with Crippen LogP contribution in [0.5, 0.6) is 0 Å². The van der Waals surface area contributed by atoms with Crippen LogP contribution in [0.3, 0.4) is 0 Å². The molecule has 3 heteroatoms. The summed E-state index contributed by atoms with van der Waals surface area (Å²) in [7, 11) is 0. The number of amides is 1. The van der Waals surface area contributed by atoms with Gasteiger partial charge < -0.3 is 5.32 Å². The zero-order valence-corrected chi connectivity index (χ0v) is 13.0. The lowest BCUT2D eigenvalue weighted by atomic mass is 10.1. The number of carbonyl (C=O) groups is 1. The van der Waals surface area contributed by atoms with Gasteiger partial charge in [-0.25, -0.2) is 0 Å². The molecule has 0 heterocycles. The minimum atomic E-state index is 0.00544. The minimum Gasteiger partial charge on any atom is -0.350 e. The summed E-state index contributed by atoms with van der Waals surface area (Å²) in [5.74, 6) is 0.00544. The molecule has 0 saturated heterocycles. The van der Waals surface area contributed by atoms with E-state index >= 15 is 0 Å². The number of rotatable bonds is 6. The Balaban J connectivity index is 2.54. The highest BCUT2D eigenvalue weighted by Crippen LogP contribution is 2.18. The van der Waals surface area contributed by atoms with E-state index in [2.05, 4.69) is 35.1 Å². The van der Waals surface area contributed by atoms with E-state index in [1.165, 1.54) is 19.3 Å². The van der Waals surface area contributed by atoms with E-state index in [1.54, 1.807) is 0 Å². The normalized spacial score (nSPS) is 12.2. The van der Waals surface area contributed by atoms with Gasteiger partial charge in [-0.15, -0.1) is 0 Å². The zero-order chi connectivity index (χ0) is 13.5. The number of halogens is 1. The van der Waals surface area contributed by atoms with E-state index in [-0.39, 0.29) is 11.9 Å². The number of unbranched alkanes of at least 4 members (excludes halogenated alkanes) is 2. The van der Waals surface area contributed by atoms with Gasteiger partial charge in [-0.05, 0) is 53.9 Å². The maximum absolute atomic E-state index is 12.1. The van der Waals surface area contributed by atoms with Crippen LogP contribution in [0.2, 0.25) is 0 Å². The fourth-order valence-corrected chi connectivity index (χ4v) is 2.55. The Labute approximate surface area is 118 Å². The van der Waals surface area contributed by atoms with Crippen molar-refractivity contribution in [3.63, 3.8) is 0 Å². The van der Waals surface area contributed by atoms with Crippen LogP contribution in [-0.4, -0.2) is 11.9 Å². The Bertz CT molecular complexity index is 403. The maximum Gasteiger partial charge on any atom is 0.252 e. The molecule has 100 valence electrons. The number of nitrogens with one attached hydrogen (secondary N) is 1. The third-order valence-corrected chi connectivity index (χ3v) is 3.64. The van der Waals surface area contributed by atoms with E-state index < -0.39 is 0 Å². The first-order valence-electron chi connectivity index (χ1n) is 6.61. The molecule has 0 saturated carbocycles. The van der Waals surface area contributed by atoms with Gasteiger partial charge in [0.2, 0.25) is 0 Å². The molecule has 0 aliphatic heterocycles. The van der Waals surface area contributed by atoms with Gasteiger partial charge in [0.1, 0.15) is 0 Å². The quantitative estimate of drug-likeness (QED) is 0.772. The summed E-state index contributed by atoms with van der Waals surface area (Å²) in [6, 6.07) is 6.03. The average Bonchev–Trinajstić information content (AvgIpc) is 2.28. The summed E-state index contributed by atoms with van der Waals surface area (Å²) in [6.07, 6.45) is 4.66. The van der Waals surface area contributed by atoms with Crippen molar-refractivity contribution in [1.82, 2.24) is 5.32 Å². The van der Waals surface area contributed by atoms with Crippen LogP contribution < -0.4 is 5.32 Å². The summed E-state index contributed by atoms with van der Waals surface area (Å²) >= 11 is 3.44. The van der Waals surface area contributed by atoms with Gasteiger partial charge in [0.15, 0.2) is 0 Å². The Kier molecular flexibility index (Phi) is 6.41. The lowest BCUT2D eigenvalue weighted by Gasteiger charge is -2.14. The summed E-state index contributed by atoms with van der Waals surface area (Å²) in [4.78, 5) is 12.1. The fourth-order valence-electron chi connectivity index (χ4n) is 1.88. The Hall–Kier alpha value is -0.830. The third-order valence-electron chi connectivity index (χ3n) is 2.99. The second-order valence-corrected chi connectivity index (χ2v) is 5.71. The molecule has 2 nitrogen and oxygen atoms in total. The van der Waals surface area contributed by atoms with Crippen molar-refractivity contribution in [1.29, 1.82) is 0 Å². The van der Waals surface area contributed by atoms with Crippen molar-refractivity contribution in [3.8, 4) is 0 Å². The molecule has 0 radical (unpaired) electrons. The fraction of sp³-hybridized carbons (Fsp3) is 0.533. The monoisotopic (exact) mass is 311 g/mol. The topological polar surface area (TPSA) is 29.1 Å². The Morgan fingerprint density at radius 2 is 2.11 bits per heavy atom. The molecule has 1 aromatic rings. The Morgan fingerprint density at radius 1 is 1.39 bits per heavy atom. The van der Waals surface area contributed by atoms with Crippen LogP contribution in [0.25, 0.3) is 0 Å². The van der Waals surface area contributed by atoms with Crippen molar-refractivity contribution >= 4 is 21.8 Å². The van der Waals surface area contributed by atoms with Gasteiger partial charge in [-0.3, -0.25) is 4.79 Å². The van der Waals surface area contributed by atoms with Gasteiger partial charge in [-0.1, -0.05) is 32.3 Å². The van der Waals surface area contributed by atoms with Crippen molar-refractivity contribution < 1.29 is 4.79 Å². The molecular weight excluding hydrogens is 290 g/mol. The first-order valence-corrected chi connectivity index (χ1v) is 7.41. The van der Waals surface area contributed by atoms with E-state index in [0.29, 0.717) is 5.56 Å². The molecule has 1 aromatic carbocycles. The van der Waals surface area contributed by atoms with Crippen LogP contribution >= 0.6 is 15.9 Å². The molecule has 0 spiro atoms. The predicted octanol–water partition coefficient (Wildman–Crippen LogP) is 4.46. The van der Waals surface area contributed by atoms with Gasteiger partial charge in [0.05, 0.1) is 5.56 Å². The molecule has 0 aliphatic rings. The van der Waals surface area contributed by atoms with Crippen LogP contribution in [0.15, 0.2) is 22.7 Å². The first kappa shape index (κ1) is 15.2. The summed E-state index contributed by atoms with van der Waals surface area (Å²) in [5, 5.41) is 3.05. The molecular formula is C15H22BrNO. The second-order valence-electron chi connectivity index (χ2n) is 4.85. The number of benzene rings is 1. The molecule has 1 unspecified atom stereocenters. The van der Waals surface area contributed by atoms with Gasteiger partial charge >= 0.3 is 0 Å². The van der Waals surface area contributed by atoms with Crippen LogP contribution in [0.4, 0.5) is 0 Å². The number of aryl methyl sites for hydroxylation is 1. The lowest BCUT2D eigenvalue weighted by Crippen LogP contribution is -2.32. The van der Waals surface area contributed by atoms with Crippen LogP contribution in [0, 0.1) is 6.92 Å². The number of hydrogen-bond donors (Lipinski definition) is 1. The second kappa shape index (κ2) is 7.57. The van der Waals surface area contributed by atoms with E-state index in [1.807, 2.05) is 25.1 Å². The van der Waals surface area contributed by atoms with E-state index in [9.17, 15) is 4.79 Å². The standard InChI is InChI=1S/C15H22BrNO/c1-4-5-6-7-12(3)17-15(18)13-9-8-11(2)10-14(13)16/h8-10,12H,4-7H2,1-3H3,(H,17,18). The van der Waals surface area contributed by atoms with Crippen LogP contribution in [-0.2, 0) is 0 Å². The molecule has 0 aromatic heterocycles. The average molecular weight is 312 g/mol. The highest BCUT2D eigenvalue weighted by molar-refractivity contribution is 9.10. The molecule has 0 bridgehead atoms. The predicted molar refractivity (Wildman–Crippen MR) is 79.9 cm³/mol. The SMILES string of the molecule is CCCCCC(C)NC(=O)c1ccc(C)cc1Br. The number of carbonyl (C=O) groups excluding carboxylic acids is 1. The molecule has 1 rings (SSSR count). The molecule has 0 aliphatic carbocycles. The van der Waals surface area contributed by atoms with Crippen molar-refractivity contribution in [2.75, 3.05) is 0 Å². The molecule has 1 atom stereocenters. The summed E-state index contributed by atoms with van der Waals surface area (Å²) in [5.41, 5.74) is 1.86. The van der Waals surface area contributed by atoms with Crippen molar-refractivity contribution in [2.24, 2.45) is 0 Å². The first-order chi connectivity index (χ1) is 8.54. The summed E-state index contributed by atoms with van der Waals surface area (Å²) < 4.78 is 0.862. The smallest absolute Gasteiger partial charge is 0.252 e. The van der Waals surface area contributed by atoms with Gasteiger partial charge in [0, 0.05) is 10.5 Å². The highest BCUT2D eigenvalue weighted by Gasteiger charge is 2.12. The zero-order valence-electron chi connectivity index (χ0n) is 11.4. The lowest BCUT2D eigenvalue weighted by molar-refractivity contribution is 0.0937. The van der Waals surface area contributed by atoms with E-state index in [0.717, 1.165) is 16.5 Å². The Morgan fingerprint density at radius 3 is 2.72 bits per heavy atom. The minimum absolute atomic E-state index is 0.00544. The van der Waals surface area contributed by atoms with Gasteiger partial charge in [-0.2, -0.15) is 0 Å². The number of hydrogen-bond acceptors (Lipinski definition) is 1. The maximum atomic E-state index is 12.1. The van der Waals surface area contributed by atoms with Crippen LogP contribution in [0.1, 0.15) is 55.5 Å². The molecule has 1 N–H and O–H groups in total. The van der Waals surface area contributed by atoms with Crippen molar-refractivity contribution in [2.45, 2.75) is 52.5 Å². The molecule has 18 heavy (non-hydrogen) atoms. The third kappa shape index (κ3) is 4.81.